The highest BCUT2D eigenvalue weighted by Gasteiger charge is 2.23. The number of allylic oxidation sites excluding steroid dienone is 12. The molecule has 538 valence electrons. The first kappa shape index (κ1) is 88.3. The molecule has 0 aromatic heterocycles. The van der Waals surface area contributed by atoms with E-state index in [-0.39, 0.29) is 24.2 Å². The normalized spacial score (nSPS) is 15.6. The number of ether oxygens (including phenoxy) is 1. The first-order chi connectivity index (χ1) is 45.1. The molecule has 0 spiro atoms. The molecule has 4 N–H and O–H groups in total. The second-order valence-electron chi connectivity index (χ2n) is 27.1. The van der Waals surface area contributed by atoms with Crippen LogP contribution in [0, 0.1) is 0 Å². The van der Waals surface area contributed by atoms with E-state index < -0.39 is 12.2 Å². The van der Waals surface area contributed by atoms with Crippen molar-refractivity contribution in [3.05, 3.63) is 72.9 Å². The van der Waals surface area contributed by atoms with E-state index in [0.29, 0.717) is 45.6 Å². The molecule has 0 amide bonds. The number of esters is 1. The Labute approximate surface area is 578 Å². The zero-order chi connectivity index (χ0) is 66.7. The Morgan fingerprint density at radius 2 is 0.761 bits per heavy atom. The quantitative estimate of drug-likeness (QED) is 0.0201. The van der Waals surface area contributed by atoms with Crippen molar-refractivity contribution in [2.45, 2.75) is 341 Å². The molecule has 10 nitrogen and oxygen atoms in total. The van der Waals surface area contributed by atoms with Crippen molar-refractivity contribution >= 4 is 27.6 Å². The van der Waals surface area contributed by atoms with Gasteiger partial charge < -0.3 is 25.2 Å². The van der Waals surface area contributed by atoms with Crippen molar-refractivity contribution in [1.82, 2.24) is 19.6 Å². The van der Waals surface area contributed by atoms with Gasteiger partial charge in [0.25, 0.3) is 0 Å². The van der Waals surface area contributed by atoms with E-state index >= 15 is 0 Å². The van der Waals surface area contributed by atoms with Gasteiger partial charge in [-0.05, 0) is 116 Å². The van der Waals surface area contributed by atoms with Gasteiger partial charge in [0.05, 0.1) is 24.4 Å². The molecule has 0 aromatic rings. The van der Waals surface area contributed by atoms with Crippen molar-refractivity contribution in [1.29, 1.82) is 0 Å². The molecule has 0 bridgehead atoms. The Hall–Kier alpha value is -1.71. The first-order valence-corrected chi connectivity index (χ1v) is 41.5. The Balaban J connectivity index is 2.49. The Bertz CT molecular complexity index is 1650. The van der Waals surface area contributed by atoms with E-state index in [0.717, 1.165) is 179 Å². The van der Waals surface area contributed by atoms with Gasteiger partial charge in [-0.1, -0.05) is 289 Å². The van der Waals surface area contributed by atoms with Crippen LogP contribution in [0.3, 0.4) is 0 Å². The summed E-state index contributed by atoms with van der Waals surface area (Å²) in [4.78, 5) is 22.7. The fraction of sp³-hybridized carbons (Fsp3) is 0.838. The minimum atomic E-state index is -0.428. The van der Waals surface area contributed by atoms with E-state index in [1.54, 1.807) is 0 Å². The summed E-state index contributed by atoms with van der Waals surface area (Å²) >= 11 is 0. The third kappa shape index (κ3) is 60.7. The second-order valence-corrected chi connectivity index (χ2v) is 29.8. The number of nitrogens with zero attached hydrogens (tertiary/aromatic N) is 4. The molecular weight excluding hydrogens is 1180 g/mol. The predicted octanol–water partition coefficient (Wildman–Crippen LogP) is 20.2. The molecule has 1 saturated heterocycles. The van der Waals surface area contributed by atoms with E-state index in [4.69, 9.17) is 4.74 Å². The standard InChI is InChI=1S/C80H150N4O6S2/c1-6-10-14-18-22-26-30-32-34-36-40-42-46-50-55-76(85)71-83(72-77(86)56-51-47-43-41-37-35-33-31-27-23-19-15-11-7-2)61-54-69-91-92-70-67-82-64-62-81(63-65-82)66-68-90-80(89)60-59-75(5)84(73-78(87)57-52-48-44-38-28-24-20-16-12-8-3)74-79(88)58-53-49-45-39-29-25-21-17-13-9-4/h10-11,14-15,22-23,26-27,32-35,75-79,85-88H,6-9,12-13,16-21,24-25,28-31,36-74H2,1-5H3/b14-10-,15-11-,26-22-,27-23-,34-32-,35-33-. The Kier molecular flexibility index (Phi) is 66.4. The zero-order valence-corrected chi connectivity index (χ0v) is 62.5. The van der Waals surface area contributed by atoms with E-state index in [1.807, 2.05) is 21.6 Å². The maximum atomic E-state index is 13.1. The largest absolute Gasteiger partial charge is 0.464 e. The van der Waals surface area contributed by atoms with Gasteiger partial charge in [0.2, 0.25) is 0 Å². The average Bonchev–Trinajstić information content (AvgIpc) is 2.68. The zero-order valence-electron chi connectivity index (χ0n) is 60.8. The molecule has 0 saturated carbocycles. The van der Waals surface area contributed by atoms with Crippen LogP contribution in [0.1, 0.15) is 311 Å². The van der Waals surface area contributed by atoms with Crippen molar-refractivity contribution < 1.29 is 30.0 Å². The number of carbonyl (C=O) groups excluding carboxylic acids is 1. The number of hydrogen-bond donors (Lipinski definition) is 4. The summed E-state index contributed by atoms with van der Waals surface area (Å²) in [6, 6.07) is 0.0623. The molecule has 0 radical (unpaired) electrons. The molecule has 0 aliphatic carbocycles. The SMILES string of the molecule is CC/C=C\C/C=C\C/C=C\CCCCCCC(O)CN(CCCSSCCN1CCN(CCOC(=O)CCC(C)N(CC(O)CCCCCCCCCCCC)CC(O)CCCCCCCCCCCC)CC1)CC(O)CCCCCC/C=C\C/C=C\C/C=C\CC. The van der Waals surface area contributed by atoms with Crippen LogP contribution in [0.4, 0.5) is 0 Å². The Morgan fingerprint density at radius 3 is 1.17 bits per heavy atom. The van der Waals surface area contributed by atoms with Gasteiger partial charge in [0, 0.05) is 89.4 Å². The number of aliphatic hydroxyl groups is 4. The third-order valence-corrected chi connectivity index (χ3v) is 20.8. The first-order valence-electron chi connectivity index (χ1n) is 39.0. The predicted molar refractivity (Wildman–Crippen MR) is 406 cm³/mol. The maximum Gasteiger partial charge on any atom is 0.305 e. The van der Waals surface area contributed by atoms with Gasteiger partial charge in [-0.3, -0.25) is 24.4 Å². The van der Waals surface area contributed by atoms with Gasteiger partial charge in [0.15, 0.2) is 0 Å². The van der Waals surface area contributed by atoms with Crippen LogP contribution in [-0.4, -0.2) is 167 Å². The highest BCUT2D eigenvalue weighted by atomic mass is 33.1. The maximum absolute atomic E-state index is 13.1. The summed E-state index contributed by atoms with van der Waals surface area (Å²) < 4.78 is 5.81. The third-order valence-electron chi connectivity index (χ3n) is 18.3. The minimum Gasteiger partial charge on any atom is -0.464 e. The lowest BCUT2D eigenvalue weighted by molar-refractivity contribution is -0.144. The number of piperazine rings is 1. The molecule has 1 fully saturated rings. The van der Waals surface area contributed by atoms with Gasteiger partial charge >= 0.3 is 5.97 Å². The van der Waals surface area contributed by atoms with Crippen LogP contribution >= 0.6 is 21.6 Å². The van der Waals surface area contributed by atoms with Crippen molar-refractivity contribution in [3.63, 3.8) is 0 Å². The monoisotopic (exact) mass is 1330 g/mol. The van der Waals surface area contributed by atoms with Crippen LogP contribution in [0.25, 0.3) is 0 Å². The molecule has 0 aromatic carbocycles. The lowest BCUT2D eigenvalue weighted by atomic mass is 10.0. The molecular formula is C80H150N4O6S2. The number of unbranched alkanes of at least 4 members (excludes halogenated alkanes) is 26. The van der Waals surface area contributed by atoms with Crippen molar-refractivity contribution in [2.24, 2.45) is 0 Å². The van der Waals surface area contributed by atoms with Gasteiger partial charge in [0.1, 0.15) is 6.61 Å². The second kappa shape index (κ2) is 69.2. The smallest absolute Gasteiger partial charge is 0.305 e. The van der Waals surface area contributed by atoms with Crippen LogP contribution in [0.5, 0.6) is 0 Å². The number of rotatable bonds is 69. The average molecular weight is 1330 g/mol. The fourth-order valence-electron chi connectivity index (χ4n) is 12.3. The van der Waals surface area contributed by atoms with Gasteiger partial charge in [-0.2, -0.15) is 0 Å². The van der Waals surface area contributed by atoms with Crippen LogP contribution in [0.15, 0.2) is 72.9 Å². The van der Waals surface area contributed by atoms with Crippen LogP contribution in [0.2, 0.25) is 0 Å². The lowest BCUT2D eigenvalue weighted by Crippen LogP contribution is -2.47. The summed E-state index contributed by atoms with van der Waals surface area (Å²) in [5.74, 6) is 2.00. The lowest BCUT2D eigenvalue weighted by Gasteiger charge is -2.34. The summed E-state index contributed by atoms with van der Waals surface area (Å²) in [6.45, 7) is 20.6. The fourth-order valence-corrected chi connectivity index (χ4v) is 14.4. The molecule has 5 atom stereocenters. The van der Waals surface area contributed by atoms with Crippen LogP contribution in [-0.2, 0) is 9.53 Å². The minimum absolute atomic E-state index is 0.0623. The molecule has 5 unspecified atom stereocenters. The number of carbonyl (C=O) groups is 1. The molecule has 12 heteroatoms. The molecule has 1 aliphatic rings. The highest BCUT2D eigenvalue weighted by Crippen LogP contribution is 2.24. The molecule has 92 heavy (non-hydrogen) atoms. The summed E-state index contributed by atoms with van der Waals surface area (Å²) in [5, 5.41) is 44.8. The van der Waals surface area contributed by atoms with E-state index in [1.165, 1.54) is 141 Å². The Morgan fingerprint density at radius 1 is 0.413 bits per heavy atom. The number of hydrogen-bond acceptors (Lipinski definition) is 12. The molecule has 1 rings (SSSR count). The summed E-state index contributed by atoms with van der Waals surface area (Å²) in [5.41, 5.74) is 0. The van der Waals surface area contributed by atoms with E-state index in [9.17, 15) is 25.2 Å². The van der Waals surface area contributed by atoms with Gasteiger partial charge in [-0.25, -0.2) is 0 Å². The van der Waals surface area contributed by atoms with E-state index in [2.05, 4.69) is 127 Å². The number of aliphatic hydroxyl groups excluding tert-OH is 4. The topological polar surface area (TPSA) is 120 Å². The molecule has 1 heterocycles. The van der Waals surface area contributed by atoms with Gasteiger partial charge in [-0.15, -0.1) is 0 Å². The van der Waals surface area contributed by atoms with Crippen molar-refractivity contribution in [2.75, 3.05) is 90.1 Å². The van der Waals surface area contributed by atoms with Crippen LogP contribution < -0.4 is 0 Å². The van der Waals surface area contributed by atoms with Crippen molar-refractivity contribution in [3.8, 4) is 0 Å². The summed E-state index contributed by atoms with van der Waals surface area (Å²) in [6.07, 6.45) is 74.1. The summed E-state index contributed by atoms with van der Waals surface area (Å²) in [7, 11) is 3.93. The highest BCUT2D eigenvalue weighted by molar-refractivity contribution is 8.76. The molecule has 1 aliphatic heterocycles.